The van der Waals surface area contributed by atoms with Crippen LogP contribution < -0.4 is 10.6 Å². The number of anilines is 1. The van der Waals surface area contributed by atoms with Gasteiger partial charge >= 0.3 is 0 Å². The Balaban J connectivity index is 3.24. The van der Waals surface area contributed by atoms with Crippen molar-refractivity contribution in [2.24, 2.45) is 5.73 Å². The minimum Gasteiger partial charge on any atom is -0.384 e. The number of nitrogen functional groups attached to an aromatic ring is 1. The molecule has 1 aromatic carbocycles. The van der Waals surface area contributed by atoms with Gasteiger partial charge < -0.3 is 10.6 Å². The van der Waals surface area contributed by atoms with Gasteiger partial charge in [-0.2, -0.15) is 0 Å². The van der Waals surface area contributed by atoms with Gasteiger partial charge in [-0.05, 0) is 31.2 Å². The van der Waals surface area contributed by atoms with Crippen LogP contribution in [0.5, 0.6) is 0 Å². The molecule has 100 valence electrons. The lowest BCUT2D eigenvalue weighted by Crippen LogP contribution is -2.27. The van der Waals surface area contributed by atoms with Crippen LogP contribution in [-0.2, 0) is 0 Å². The summed E-state index contributed by atoms with van der Waals surface area (Å²) in [6.07, 6.45) is 1.09. The van der Waals surface area contributed by atoms with Crippen molar-refractivity contribution in [1.82, 2.24) is 0 Å². The molecule has 0 unspecified atom stereocenters. The van der Waals surface area contributed by atoms with Gasteiger partial charge in [-0.15, -0.1) is 11.8 Å². The molecule has 1 rings (SSSR count). The Morgan fingerprint density at radius 3 is 2.56 bits per heavy atom. The van der Waals surface area contributed by atoms with Gasteiger partial charge in [0.2, 0.25) is 0 Å². The molecule has 18 heavy (non-hydrogen) atoms. The zero-order valence-electron chi connectivity index (χ0n) is 11.5. The Kier molecular flexibility index (Phi) is 6.05. The van der Waals surface area contributed by atoms with Crippen molar-refractivity contribution in [1.29, 1.82) is 5.41 Å². The Bertz CT molecular complexity index is 404. The largest absolute Gasteiger partial charge is 0.384 e. The molecule has 0 saturated heterocycles. The van der Waals surface area contributed by atoms with Crippen molar-refractivity contribution in [2.75, 3.05) is 23.7 Å². The summed E-state index contributed by atoms with van der Waals surface area (Å²) in [5, 5.41) is 7.83. The maximum absolute atomic E-state index is 7.83. The predicted molar refractivity (Wildman–Crippen MR) is 82.0 cm³/mol. The Hall–Kier alpha value is -1.16. The molecular formula is C14H23N3S. The average Bonchev–Trinajstić information content (AvgIpc) is 2.35. The second-order valence-corrected chi connectivity index (χ2v) is 5.38. The first-order valence-corrected chi connectivity index (χ1v) is 7.49. The SMILES string of the molecule is CCCN(CC)c1cccc(SCC)c1C(=N)N. The zero-order chi connectivity index (χ0) is 13.5. The van der Waals surface area contributed by atoms with Crippen molar-refractivity contribution in [2.45, 2.75) is 32.1 Å². The number of benzene rings is 1. The summed E-state index contributed by atoms with van der Waals surface area (Å²) in [5.41, 5.74) is 7.75. The minimum atomic E-state index is 0.163. The number of thioether (sulfide) groups is 1. The third kappa shape index (κ3) is 3.42. The maximum Gasteiger partial charge on any atom is 0.126 e. The number of nitrogens with two attached hydrogens (primary N) is 1. The zero-order valence-corrected chi connectivity index (χ0v) is 12.3. The Morgan fingerprint density at radius 1 is 1.33 bits per heavy atom. The van der Waals surface area contributed by atoms with Crippen LogP contribution in [0.1, 0.15) is 32.8 Å². The molecule has 0 atom stereocenters. The summed E-state index contributed by atoms with van der Waals surface area (Å²) >= 11 is 1.74. The topological polar surface area (TPSA) is 53.1 Å². The van der Waals surface area contributed by atoms with Crippen molar-refractivity contribution < 1.29 is 0 Å². The fraction of sp³-hybridized carbons (Fsp3) is 0.500. The van der Waals surface area contributed by atoms with E-state index >= 15 is 0 Å². The van der Waals surface area contributed by atoms with E-state index in [1.54, 1.807) is 11.8 Å². The molecule has 0 spiro atoms. The molecule has 4 heteroatoms. The molecule has 1 aromatic rings. The fourth-order valence-corrected chi connectivity index (χ4v) is 2.89. The number of nitrogens with one attached hydrogen (secondary N) is 1. The van der Waals surface area contributed by atoms with Crippen molar-refractivity contribution >= 4 is 23.3 Å². The molecule has 0 aliphatic rings. The van der Waals surface area contributed by atoms with Crippen molar-refractivity contribution in [3.8, 4) is 0 Å². The van der Waals surface area contributed by atoms with Gasteiger partial charge in [0.05, 0.1) is 5.56 Å². The molecule has 0 amide bonds. The first kappa shape index (κ1) is 14.9. The molecule has 0 bridgehead atoms. The van der Waals surface area contributed by atoms with Gasteiger partial charge in [0.1, 0.15) is 5.84 Å². The Morgan fingerprint density at radius 2 is 2.06 bits per heavy atom. The maximum atomic E-state index is 7.83. The van der Waals surface area contributed by atoms with Crippen LogP contribution in [0.4, 0.5) is 5.69 Å². The molecular weight excluding hydrogens is 242 g/mol. The number of hydrogen-bond acceptors (Lipinski definition) is 3. The fourth-order valence-electron chi connectivity index (χ4n) is 2.05. The summed E-state index contributed by atoms with van der Waals surface area (Å²) in [5.74, 6) is 1.15. The van der Waals surface area contributed by atoms with Crippen molar-refractivity contribution in [3.05, 3.63) is 23.8 Å². The second-order valence-electron chi connectivity index (χ2n) is 4.08. The van der Waals surface area contributed by atoms with Crippen LogP contribution in [-0.4, -0.2) is 24.7 Å². The van der Waals surface area contributed by atoms with Gasteiger partial charge in [0.25, 0.3) is 0 Å². The van der Waals surface area contributed by atoms with E-state index in [2.05, 4.69) is 37.8 Å². The summed E-state index contributed by atoms with van der Waals surface area (Å²) in [6.45, 7) is 8.36. The van der Waals surface area contributed by atoms with E-state index in [-0.39, 0.29) is 5.84 Å². The molecule has 0 aliphatic carbocycles. The van der Waals surface area contributed by atoms with Crippen LogP contribution in [0.15, 0.2) is 23.1 Å². The number of rotatable bonds is 7. The van der Waals surface area contributed by atoms with E-state index in [4.69, 9.17) is 11.1 Å². The quantitative estimate of drug-likeness (QED) is 0.452. The van der Waals surface area contributed by atoms with Gasteiger partial charge in [0, 0.05) is 23.7 Å². The molecule has 3 N–H and O–H groups in total. The number of nitrogens with zero attached hydrogens (tertiary/aromatic N) is 1. The number of amidine groups is 1. The van der Waals surface area contributed by atoms with E-state index in [0.29, 0.717) is 0 Å². The molecule has 0 fully saturated rings. The third-order valence-corrected chi connectivity index (χ3v) is 3.73. The third-order valence-electron chi connectivity index (χ3n) is 2.79. The predicted octanol–water partition coefficient (Wildman–Crippen LogP) is 3.32. The van der Waals surface area contributed by atoms with Gasteiger partial charge in [0.15, 0.2) is 0 Å². The van der Waals surface area contributed by atoms with Crippen LogP contribution >= 0.6 is 11.8 Å². The van der Waals surface area contributed by atoms with E-state index in [9.17, 15) is 0 Å². The normalized spacial score (nSPS) is 10.4. The highest BCUT2D eigenvalue weighted by molar-refractivity contribution is 7.99. The first-order chi connectivity index (χ1) is 8.65. The summed E-state index contributed by atoms with van der Waals surface area (Å²) in [7, 11) is 0. The van der Waals surface area contributed by atoms with Gasteiger partial charge in [-0.25, -0.2) is 0 Å². The van der Waals surface area contributed by atoms with E-state index in [1.165, 1.54) is 0 Å². The van der Waals surface area contributed by atoms with Crippen LogP contribution in [0, 0.1) is 5.41 Å². The van der Waals surface area contributed by atoms with Crippen LogP contribution in [0.25, 0.3) is 0 Å². The number of hydrogen-bond donors (Lipinski definition) is 2. The van der Waals surface area contributed by atoms with Crippen molar-refractivity contribution in [3.63, 3.8) is 0 Å². The molecule has 0 radical (unpaired) electrons. The minimum absolute atomic E-state index is 0.163. The highest BCUT2D eigenvalue weighted by Gasteiger charge is 2.15. The summed E-state index contributed by atoms with van der Waals surface area (Å²) in [4.78, 5) is 3.40. The standard InChI is InChI=1S/C14H23N3S/c1-4-10-17(5-2)11-8-7-9-12(18-6-3)13(11)14(15)16/h7-9H,4-6,10H2,1-3H3,(H3,15,16). The highest BCUT2D eigenvalue weighted by atomic mass is 32.2. The first-order valence-electron chi connectivity index (χ1n) is 6.50. The average molecular weight is 265 g/mol. The lowest BCUT2D eigenvalue weighted by Gasteiger charge is -2.26. The van der Waals surface area contributed by atoms with Gasteiger partial charge in [-0.1, -0.05) is 19.9 Å². The van der Waals surface area contributed by atoms with Crippen LogP contribution in [0.2, 0.25) is 0 Å². The lowest BCUT2D eigenvalue weighted by molar-refractivity contribution is 0.789. The molecule has 0 aromatic heterocycles. The van der Waals surface area contributed by atoms with E-state index < -0.39 is 0 Å². The summed E-state index contributed by atoms with van der Waals surface area (Å²) < 4.78 is 0. The molecule has 0 saturated carbocycles. The highest BCUT2D eigenvalue weighted by Crippen LogP contribution is 2.30. The van der Waals surface area contributed by atoms with Crippen LogP contribution in [0.3, 0.4) is 0 Å². The van der Waals surface area contributed by atoms with E-state index in [1.807, 2.05) is 6.07 Å². The molecule has 0 heterocycles. The van der Waals surface area contributed by atoms with E-state index in [0.717, 1.165) is 41.4 Å². The van der Waals surface area contributed by atoms with Gasteiger partial charge in [-0.3, -0.25) is 5.41 Å². The monoisotopic (exact) mass is 265 g/mol. The summed E-state index contributed by atoms with van der Waals surface area (Å²) in [6, 6.07) is 6.17. The smallest absolute Gasteiger partial charge is 0.126 e. The lowest BCUT2D eigenvalue weighted by atomic mass is 10.1. The Labute approximate surface area is 114 Å². The second kappa shape index (κ2) is 7.31. The molecule has 0 aliphatic heterocycles. The molecule has 3 nitrogen and oxygen atoms in total.